The van der Waals surface area contributed by atoms with Crippen LogP contribution in [-0.2, 0) is 4.79 Å². The number of carbonyl (C=O) groups excluding carboxylic acids is 1. The van der Waals surface area contributed by atoms with Gasteiger partial charge < -0.3 is 0 Å². The highest BCUT2D eigenvalue weighted by atomic mass is 32.2. The average Bonchev–Trinajstić information content (AvgIpc) is 2.82. The Kier molecular flexibility index (Phi) is 4.13. The molecule has 2 fully saturated rings. The summed E-state index contributed by atoms with van der Waals surface area (Å²) in [4.78, 5) is 12.2. The number of thioether (sulfide) groups is 1. The number of rotatable bonds is 3. The van der Waals surface area contributed by atoms with E-state index in [2.05, 4.69) is 6.92 Å². The Labute approximate surface area is 97.4 Å². The third kappa shape index (κ3) is 2.77. The molecular formula is C13H22OS. The quantitative estimate of drug-likeness (QED) is 0.732. The molecule has 1 aliphatic heterocycles. The molecule has 1 aliphatic carbocycles. The van der Waals surface area contributed by atoms with Crippen LogP contribution in [0.3, 0.4) is 0 Å². The summed E-state index contributed by atoms with van der Waals surface area (Å²) in [6, 6.07) is 0. The molecule has 1 nitrogen and oxygen atoms in total. The monoisotopic (exact) mass is 226 g/mol. The van der Waals surface area contributed by atoms with Crippen molar-refractivity contribution in [3.63, 3.8) is 0 Å². The Bertz CT molecular complexity index is 213. The highest BCUT2D eigenvalue weighted by molar-refractivity contribution is 7.99. The lowest BCUT2D eigenvalue weighted by molar-refractivity contribution is -0.127. The second kappa shape index (κ2) is 5.38. The van der Waals surface area contributed by atoms with Crippen LogP contribution in [0.5, 0.6) is 0 Å². The number of hydrogen-bond donors (Lipinski definition) is 0. The third-order valence-corrected chi connectivity index (χ3v) is 5.32. The maximum Gasteiger partial charge on any atom is 0.139 e. The van der Waals surface area contributed by atoms with Crippen molar-refractivity contribution in [3.05, 3.63) is 0 Å². The van der Waals surface area contributed by atoms with E-state index < -0.39 is 0 Å². The van der Waals surface area contributed by atoms with Gasteiger partial charge in [-0.15, -0.1) is 0 Å². The van der Waals surface area contributed by atoms with E-state index in [-0.39, 0.29) is 0 Å². The number of Topliss-reactive ketones (excluding diaryl/α,β-unsaturated/α-hetero) is 1. The molecule has 0 spiro atoms. The summed E-state index contributed by atoms with van der Waals surface area (Å²) in [6.45, 7) is 2.28. The van der Waals surface area contributed by atoms with Gasteiger partial charge in [0.2, 0.25) is 0 Å². The van der Waals surface area contributed by atoms with Gasteiger partial charge in [0.05, 0.1) is 0 Å². The van der Waals surface area contributed by atoms with Crippen LogP contribution >= 0.6 is 11.8 Å². The number of hydrogen-bond acceptors (Lipinski definition) is 2. The summed E-state index contributed by atoms with van der Waals surface area (Å²) in [5.41, 5.74) is 0. The van der Waals surface area contributed by atoms with Crippen LogP contribution in [-0.4, -0.2) is 17.3 Å². The Balaban J connectivity index is 1.81. The molecule has 86 valence electrons. The molecule has 2 rings (SSSR count). The zero-order valence-electron chi connectivity index (χ0n) is 9.71. The SMILES string of the molecule is CCC1CCC(C(=O)C2CCSC2)CC1. The molecule has 0 aromatic carbocycles. The van der Waals surface area contributed by atoms with Gasteiger partial charge in [-0.1, -0.05) is 13.3 Å². The fourth-order valence-electron chi connectivity index (χ4n) is 2.95. The first kappa shape index (κ1) is 11.5. The maximum atomic E-state index is 12.2. The normalized spacial score (nSPS) is 36.7. The molecule has 1 heterocycles. The minimum absolute atomic E-state index is 0.415. The summed E-state index contributed by atoms with van der Waals surface area (Å²) in [5.74, 6) is 4.67. The van der Waals surface area contributed by atoms with Crippen molar-refractivity contribution in [1.29, 1.82) is 0 Å². The van der Waals surface area contributed by atoms with E-state index in [4.69, 9.17) is 0 Å². The van der Waals surface area contributed by atoms with Crippen LogP contribution in [0, 0.1) is 17.8 Å². The van der Waals surface area contributed by atoms with Crippen molar-refractivity contribution in [2.24, 2.45) is 17.8 Å². The minimum atomic E-state index is 0.415. The predicted molar refractivity (Wildman–Crippen MR) is 66.2 cm³/mol. The first-order chi connectivity index (χ1) is 7.31. The van der Waals surface area contributed by atoms with Gasteiger partial charge in [-0.25, -0.2) is 0 Å². The van der Waals surface area contributed by atoms with Gasteiger partial charge in [-0.3, -0.25) is 4.79 Å². The molecule has 0 aromatic rings. The molecule has 0 radical (unpaired) electrons. The predicted octanol–water partition coefficient (Wildman–Crippen LogP) is 3.53. The van der Waals surface area contributed by atoms with Crippen molar-refractivity contribution >= 4 is 17.5 Å². The smallest absolute Gasteiger partial charge is 0.139 e. The molecule has 2 aliphatic rings. The molecular weight excluding hydrogens is 204 g/mol. The van der Waals surface area contributed by atoms with Gasteiger partial charge in [0.25, 0.3) is 0 Å². The van der Waals surface area contributed by atoms with Crippen molar-refractivity contribution in [2.75, 3.05) is 11.5 Å². The van der Waals surface area contributed by atoms with Crippen LogP contribution in [0.15, 0.2) is 0 Å². The Morgan fingerprint density at radius 1 is 1.13 bits per heavy atom. The molecule has 1 unspecified atom stereocenters. The van der Waals surface area contributed by atoms with Crippen LogP contribution < -0.4 is 0 Å². The van der Waals surface area contributed by atoms with Crippen molar-refractivity contribution in [1.82, 2.24) is 0 Å². The summed E-state index contributed by atoms with van der Waals surface area (Å²) in [7, 11) is 0. The molecule has 0 aromatic heterocycles. The standard InChI is InChI=1S/C13H22OS/c1-2-10-3-5-11(6-4-10)13(14)12-7-8-15-9-12/h10-12H,2-9H2,1H3. The number of carbonyl (C=O) groups is 1. The largest absolute Gasteiger partial charge is 0.299 e. The lowest BCUT2D eigenvalue weighted by Crippen LogP contribution is -2.27. The molecule has 0 N–H and O–H groups in total. The summed E-state index contributed by atoms with van der Waals surface area (Å²) < 4.78 is 0. The summed E-state index contributed by atoms with van der Waals surface area (Å²) in [6.07, 6.45) is 7.41. The highest BCUT2D eigenvalue weighted by Gasteiger charge is 2.31. The maximum absolute atomic E-state index is 12.2. The lowest BCUT2D eigenvalue weighted by atomic mass is 9.76. The zero-order valence-corrected chi connectivity index (χ0v) is 10.5. The van der Waals surface area contributed by atoms with Crippen molar-refractivity contribution in [2.45, 2.75) is 45.4 Å². The fourth-order valence-corrected chi connectivity index (χ4v) is 4.18. The molecule has 0 amide bonds. The van der Waals surface area contributed by atoms with Gasteiger partial charge in [-0.2, -0.15) is 11.8 Å². The number of ketones is 1. The van der Waals surface area contributed by atoms with Crippen molar-refractivity contribution in [3.8, 4) is 0 Å². The topological polar surface area (TPSA) is 17.1 Å². The van der Waals surface area contributed by atoms with E-state index >= 15 is 0 Å². The molecule has 1 saturated carbocycles. The van der Waals surface area contributed by atoms with E-state index in [1.807, 2.05) is 11.8 Å². The van der Waals surface area contributed by atoms with E-state index in [1.54, 1.807) is 0 Å². The Morgan fingerprint density at radius 2 is 1.87 bits per heavy atom. The second-order valence-corrected chi connectivity index (χ2v) is 6.24. The van der Waals surface area contributed by atoms with Crippen LogP contribution in [0.25, 0.3) is 0 Å². The minimum Gasteiger partial charge on any atom is -0.299 e. The molecule has 1 atom stereocenters. The van der Waals surface area contributed by atoms with Gasteiger partial charge in [0.1, 0.15) is 5.78 Å². The Hall–Kier alpha value is 0.0200. The van der Waals surface area contributed by atoms with E-state index in [9.17, 15) is 4.79 Å². The first-order valence-corrected chi connectivity index (χ1v) is 7.58. The van der Waals surface area contributed by atoms with Crippen molar-refractivity contribution < 1.29 is 4.79 Å². The van der Waals surface area contributed by atoms with Gasteiger partial charge in [0, 0.05) is 17.6 Å². The second-order valence-electron chi connectivity index (χ2n) is 5.09. The highest BCUT2D eigenvalue weighted by Crippen LogP contribution is 2.35. The van der Waals surface area contributed by atoms with E-state index in [0.29, 0.717) is 17.6 Å². The van der Waals surface area contributed by atoms with Gasteiger partial charge in [0.15, 0.2) is 0 Å². The zero-order chi connectivity index (χ0) is 10.7. The Morgan fingerprint density at radius 3 is 2.40 bits per heavy atom. The summed E-state index contributed by atoms with van der Waals surface area (Å²) >= 11 is 1.96. The van der Waals surface area contributed by atoms with Crippen LogP contribution in [0.2, 0.25) is 0 Å². The molecule has 2 heteroatoms. The molecule has 1 saturated heterocycles. The van der Waals surface area contributed by atoms with Gasteiger partial charge >= 0.3 is 0 Å². The molecule has 0 bridgehead atoms. The van der Waals surface area contributed by atoms with Gasteiger partial charge in [-0.05, 0) is 43.8 Å². The average molecular weight is 226 g/mol. The lowest BCUT2D eigenvalue weighted by Gasteiger charge is -2.28. The van der Waals surface area contributed by atoms with Crippen LogP contribution in [0.1, 0.15) is 45.4 Å². The van der Waals surface area contributed by atoms with E-state index in [0.717, 1.165) is 18.1 Å². The first-order valence-electron chi connectivity index (χ1n) is 6.42. The third-order valence-electron chi connectivity index (χ3n) is 4.16. The molecule has 15 heavy (non-hydrogen) atoms. The summed E-state index contributed by atoms with van der Waals surface area (Å²) in [5, 5.41) is 0. The van der Waals surface area contributed by atoms with Crippen LogP contribution in [0.4, 0.5) is 0 Å². The van der Waals surface area contributed by atoms with E-state index in [1.165, 1.54) is 37.9 Å². The fraction of sp³-hybridized carbons (Fsp3) is 0.923.